The summed E-state index contributed by atoms with van der Waals surface area (Å²) in [6.45, 7) is 5.27. The first-order valence-corrected chi connectivity index (χ1v) is 13.6. The largest absolute Gasteiger partial charge is 0.497 e. The molecule has 0 radical (unpaired) electrons. The molecule has 1 aliphatic rings. The summed E-state index contributed by atoms with van der Waals surface area (Å²) < 4.78 is 5.18. The molecule has 1 aliphatic heterocycles. The van der Waals surface area contributed by atoms with Crippen molar-refractivity contribution in [2.45, 2.75) is 70.9 Å². The van der Waals surface area contributed by atoms with E-state index in [1.54, 1.807) is 37.4 Å². The zero-order valence-corrected chi connectivity index (χ0v) is 21.8. The second kappa shape index (κ2) is 14.1. The summed E-state index contributed by atoms with van der Waals surface area (Å²) in [5.74, 6) is -0.521. The maximum Gasteiger partial charge on any atom is 0.338 e. The number of carbonyl (C=O) groups excluding carboxylic acids is 1. The Labute approximate surface area is 212 Å². The molecule has 3 rings (SSSR count). The minimum Gasteiger partial charge on any atom is -0.497 e. The van der Waals surface area contributed by atoms with Crippen LogP contribution in [0.4, 0.5) is 5.00 Å². The predicted octanol–water partition coefficient (Wildman–Crippen LogP) is 5.30. The number of carboxylic acid groups (broad SMARTS) is 1. The van der Waals surface area contributed by atoms with E-state index in [0.29, 0.717) is 22.9 Å². The quantitative estimate of drug-likeness (QED) is 0.304. The third-order valence-corrected chi connectivity index (χ3v) is 7.69. The molecular weight excluding hydrogens is 462 g/mol. The van der Waals surface area contributed by atoms with Crippen LogP contribution in [0, 0.1) is 0 Å². The van der Waals surface area contributed by atoms with Gasteiger partial charge in [0.25, 0.3) is 5.91 Å². The van der Waals surface area contributed by atoms with Crippen molar-refractivity contribution in [3.05, 3.63) is 46.3 Å². The number of rotatable bonds is 14. The lowest BCUT2D eigenvalue weighted by Gasteiger charge is -2.33. The molecule has 3 N–H and O–H groups in total. The van der Waals surface area contributed by atoms with E-state index in [1.807, 2.05) is 0 Å². The van der Waals surface area contributed by atoms with Crippen molar-refractivity contribution in [2.75, 3.05) is 31.6 Å². The Kier molecular flexibility index (Phi) is 10.9. The predicted molar refractivity (Wildman–Crippen MR) is 142 cm³/mol. The molecule has 0 unspecified atom stereocenters. The number of carboxylic acids is 1. The molecular formula is C27H39N3O4S. The van der Waals surface area contributed by atoms with Crippen molar-refractivity contribution in [3.63, 3.8) is 0 Å². The van der Waals surface area contributed by atoms with E-state index in [0.717, 1.165) is 42.4 Å². The third kappa shape index (κ3) is 8.25. The molecule has 1 saturated heterocycles. The lowest BCUT2D eigenvalue weighted by Crippen LogP contribution is -2.43. The molecule has 0 saturated carbocycles. The minimum absolute atomic E-state index is 0.215. The highest BCUT2D eigenvalue weighted by molar-refractivity contribution is 7.16. The Morgan fingerprint density at radius 3 is 2.57 bits per heavy atom. The molecule has 0 spiro atoms. The number of piperidine rings is 1. The summed E-state index contributed by atoms with van der Waals surface area (Å²) in [7, 11) is 1.56. The Bertz CT molecular complexity index is 954. The normalized spacial score (nSPS) is 14.2. The van der Waals surface area contributed by atoms with Gasteiger partial charge in [-0.05, 0) is 50.1 Å². The molecule has 0 bridgehead atoms. The first kappa shape index (κ1) is 27.0. The summed E-state index contributed by atoms with van der Waals surface area (Å²) >= 11 is 1.46. The number of benzene rings is 1. The SMILES string of the molecule is CCCCCCCCNC1CCN(c2sc(CNC(=O)c3cccc(OC)c3)cc2C(=O)O)CC1. The zero-order valence-electron chi connectivity index (χ0n) is 21.0. The van der Waals surface area contributed by atoms with Crippen LogP contribution in [0.15, 0.2) is 30.3 Å². The number of unbranched alkanes of at least 4 members (excludes halogenated alkanes) is 5. The topological polar surface area (TPSA) is 90.9 Å². The van der Waals surface area contributed by atoms with Crippen molar-refractivity contribution >= 4 is 28.2 Å². The molecule has 35 heavy (non-hydrogen) atoms. The van der Waals surface area contributed by atoms with Gasteiger partial charge in [0.2, 0.25) is 0 Å². The van der Waals surface area contributed by atoms with E-state index in [-0.39, 0.29) is 12.5 Å². The summed E-state index contributed by atoms with van der Waals surface area (Å²) in [4.78, 5) is 27.5. The molecule has 192 valence electrons. The fraction of sp³-hybridized carbons (Fsp3) is 0.556. The van der Waals surface area contributed by atoms with Crippen LogP contribution in [0.3, 0.4) is 0 Å². The van der Waals surface area contributed by atoms with Crippen LogP contribution in [0.25, 0.3) is 0 Å². The molecule has 1 aromatic heterocycles. The number of carbonyl (C=O) groups is 2. The molecule has 1 amide bonds. The molecule has 0 atom stereocenters. The maximum absolute atomic E-state index is 12.5. The van der Waals surface area contributed by atoms with Gasteiger partial charge in [0, 0.05) is 29.6 Å². The fourth-order valence-electron chi connectivity index (χ4n) is 4.44. The monoisotopic (exact) mass is 501 g/mol. The Morgan fingerprint density at radius 2 is 1.86 bits per heavy atom. The average Bonchev–Trinajstić information content (AvgIpc) is 3.32. The highest BCUT2D eigenvalue weighted by Gasteiger charge is 2.25. The number of nitrogens with zero attached hydrogens (tertiary/aromatic N) is 1. The van der Waals surface area contributed by atoms with Gasteiger partial charge in [-0.2, -0.15) is 0 Å². The van der Waals surface area contributed by atoms with Crippen LogP contribution in [0.2, 0.25) is 0 Å². The van der Waals surface area contributed by atoms with Gasteiger partial charge in [0.1, 0.15) is 10.8 Å². The number of hydrogen-bond acceptors (Lipinski definition) is 6. The molecule has 2 aromatic rings. The second-order valence-corrected chi connectivity index (χ2v) is 10.2. The van der Waals surface area contributed by atoms with Gasteiger partial charge < -0.3 is 25.4 Å². The van der Waals surface area contributed by atoms with Crippen LogP contribution in [0.1, 0.15) is 83.9 Å². The van der Waals surface area contributed by atoms with Gasteiger partial charge in [-0.1, -0.05) is 45.1 Å². The summed E-state index contributed by atoms with van der Waals surface area (Å²) in [5.41, 5.74) is 0.828. The fourth-order valence-corrected chi connectivity index (χ4v) is 5.58. The number of hydrogen-bond donors (Lipinski definition) is 3. The van der Waals surface area contributed by atoms with Gasteiger partial charge in [0.05, 0.1) is 19.2 Å². The number of anilines is 1. The Balaban J connectivity index is 1.49. The van der Waals surface area contributed by atoms with Crippen molar-refractivity contribution < 1.29 is 19.4 Å². The lowest BCUT2D eigenvalue weighted by atomic mass is 10.0. The van der Waals surface area contributed by atoms with E-state index in [1.165, 1.54) is 49.9 Å². The van der Waals surface area contributed by atoms with E-state index in [9.17, 15) is 14.7 Å². The Hall–Kier alpha value is -2.58. The minimum atomic E-state index is -0.926. The van der Waals surface area contributed by atoms with E-state index < -0.39 is 5.97 Å². The third-order valence-electron chi connectivity index (χ3n) is 6.49. The van der Waals surface area contributed by atoms with Crippen molar-refractivity contribution in [2.24, 2.45) is 0 Å². The Morgan fingerprint density at radius 1 is 1.11 bits per heavy atom. The van der Waals surface area contributed by atoms with Gasteiger partial charge >= 0.3 is 5.97 Å². The van der Waals surface area contributed by atoms with Gasteiger partial charge in [0.15, 0.2) is 0 Å². The maximum atomic E-state index is 12.5. The summed E-state index contributed by atoms with van der Waals surface area (Å²) in [6, 6.07) is 9.15. The van der Waals surface area contributed by atoms with Crippen LogP contribution in [0.5, 0.6) is 5.75 Å². The van der Waals surface area contributed by atoms with E-state index in [2.05, 4.69) is 22.5 Å². The number of thiophene rings is 1. The highest BCUT2D eigenvalue weighted by atomic mass is 32.1. The van der Waals surface area contributed by atoms with Crippen LogP contribution < -0.4 is 20.3 Å². The smallest absolute Gasteiger partial charge is 0.338 e. The highest BCUT2D eigenvalue weighted by Crippen LogP contribution is 2.34. The van der Waals surface area contributed by atoms with Crippen LogP contribution in [-0.2, 0) is 6.54 Å². The molecule has 2 heterocycles. The number of amides is 1. The van der Waals surface area contributed by atoms with Crippen molar-refractivity contribution in [1.82, 2.24) is 10.6 Å². The molecule has 8 heteroatoms. The van der Waals surface area contributed by atoms with Crippen LogP contribution in [-0.4, -0.2) is 49.8 Å². The molecule has 7 nitrogen and oxygen atoms in total. The van der Waals surface area contributed by atoms with Gasteiger partial charge in [-0.15, -0.1) is 11.3 Å². The van der Waals surface area contributed by atoms with Crippen molar-refractivity contribution in [1.29, 1.82) is 0 Å². The van der Waals surface area contributed by atoms with Crippen molar-refractivity contribution in [3.8, 4) is 5.75 Å². The summed E-state index contributed by atoms with van der Waals surface area (Å²) in [5, 5.41) is 17.1. The average molecular weight is 502 g/mol. The molecule has 1 fully saturated rings. The molecule has 1 aromatic carbocycles. The van der Waals surface area contributed by atoms with E-state index >= 15 is 0 Å². The van der Waals surface area contributed by atoms with Crippen LogP contribution >= 0.6 is 11.3 Å². The number of nitrogens with one attached hydrogen (secondary N) is 2. The number of ether oxygens (including phenoxy) is 1. The molecule has 0 aliphatic carbocycles. The van der Waals surface area contributed by atoms with Gasteiger partial charge in [-0.3, -0.25) is 4.79 Å². The second-order valence-electron chi connectivity index (χ2n) is 9.13. The number of aromatic carboxylic acids is 1. The standard InChI is InChI=1S/C27H39N3O4S/c1-3-4-5-6-7-8-14-28-21-12-15-30(16-13-21)26-24(27(32)33)18-23(35-26)19-29-25(31)20-10-9-11-22(17-20)34-2/h9-11,17-18,21,28H,3-8,12-16,19H2,1-2H3,(H,29,31)(H,32,33). The first-order chi connectivity index (χ1) is 17.0. The van der Waals surface area contributed by atoms with E-state index in [4.69, 9.17) is 4.74 Å². The lowest BCUT2D eigenvalue weighted by molar-refractivity contribution is 0.0697. The number of methoxy groups -OCH3 is 1. The zero-order chi connectivity index (χ0) is 25.0. The first-order valence-electron chi connectivity index (χ1n) is 12.8. The van der Waals surface area contributed by atoms with Gasteiger partial charge in [-0.25, -0.2) is 4.79 Å². The summed E-state index contributed by atoms with van der Waals surface area (Å²) in [6.07, 6.45) is 9.82.